The van der Waals surface area contributed by atoms with Crippen molar-refractivity contribution in [3.8, 4) is 27.5 Å². The van der Waals surface area contributed by atoms with Crippen molar-refractivity contribution in [3.05, 3.63) is 65.4 Å². The Morgan fingerprint density at radius 2 is 2.24 bits per heavy atom. The molecule has 2 N–H and O–H groups in total. The second kappa shape index (κ2) is 8.64. The Balaban J connectivity index is 1.71. The molecule has 10 heteroatoms. The first-order chi connectivity index (χ1) is 16.1. The summed E-state index contributed by atoms with van der Waals surface area (Å²) in [4.78, 5) is 25.2. The fourth-order valence-electron chi connectivity index (χ4n) is 3.92. The molecule has 3 heterocycles. The maximum Gasteiger partial charge on any atom is 0.251 e. The molecule has 33 heavy (non-hydrogen) atoms. The Kier molecular flexibility index (Phi) is 5.53. The van der Waals surface area contributed by atoms with E-state index in [4.69, 9.17) is 10.2 Å². The van der Waals surface area contributed by atoms with Gasteiger partial charge in [-0.05, 0) is 42.7 Å². The molecule has 0 spiro atoms. The molecular weight excluding hydrogens is 443 g/mol. The number of thiazole rings is 1. The molecule has 5 rings (SSSR count). The fourth-order valence-corrected chi connectivity index (χ4v) is 5.00. The number of halogens is 1. The maximum absolute atomic E-state index is 15.2. The molecule has 3 aromatic heterocycles. The number of amides is 1. The first kappa shape index (κ1) is 21.1. The molecule has 1 amide bonds. The molecule has 0 unspecified atom stereocenters. The van der Waals surface area contributed by atoms with Crippen LogP contribution in [0.1, 0.15) is 16.8 Å². The molecule has 0 bridgehead atoms. The highest BCUT2D eigenvalue weighted by molar-refractivity contribution is 7.19. The number of rotatable bonds is 5. The summed E-state index contributed by atoms with van der Waals surface area (Å²) in [5.41, 5.74) is 5.04. The van der Waals surface area contributed by atoms with Crippen LogP contribution in [0.15, 0.2) is 47.7 Å². The summed E-state index contributed by atoms with van der Waals surface area (Å²) in [7, 11) is 1.63. The number of aliphatic hydroxyl groups excluding tert-OH is 1. The third kappa shape index (κ3) is 3.83. The fraction of sp³-hybridized carbons (Fsp3) is 0.174. The molecule has 1 aromatic carbocycles. The van der Waals surface area contributed by atoms with Crippen molar-refractivity contribution < 1.29 is 14.3 Å². The number of hydrogen-bond donors (Lipinski definition) is 2. The average molecular weight is 463 g/mol. The zero-order valence-corrected chi connectivity index (χ0v) is 18.4. The number of fused-ring (bicyclic) bond motifs is 3. The van der Waals surface area contributed by atoms with Gasteiger partial charge in [-0.2, -0.15) is 5.10 Å². The summed E-state index contributed by atoms with van der Waals surface area (Å²) >= 11 is 1.28. The smallest absolute Gasteiger partial charge is 0.251 e. The summed E-state index contributed by atoms with van der Waals surface area (Å²) in [6.07, 6.45) is 6.33. The average Bonchev–Trinajstić information content (AvgIpc) is 3.41. The Hall–Kier alpha value is -3.76. The van der Waals surface area contributed by atoms with Gasteiger partial charge in [0.05, 0.1) is 22.0 Å². The molecule has 0 saturated heterocycles. The number of hydrogen-bond acceptors (Lipinski definition) is 7. The summed E-state index contributed by atoms with van der Waals surface area (Å²) < 4.78 is 16.8. The number of nitrogens with one attached hydrogen (secondary N) is 1. The topological polar surface area (TPSA) is 105 Å². The lowest BCUT2D eigenvalue weighted by Gasteiger charge is -2.14. The highest BCUT2D eigenvalue weighted by Gasteiger charge is 2.30. The second-order valence-corrected chi connectivity index (χ2v) is 8.43. The lowest BCUT2D eigenvalue weighted by Crippen LogP contribution is -2.15. The van der Waals surface area contributed by atoms with Gasteiger partial charge in [0.25, 0.3) is 5.91 Å². The van der Waals surface area contributed by atoms with Crippen LogP contribution in [-0.2, 0) is 17.6 Å². The predicted molar refractivity (Wildman–Crippen MR) is 125 cm³/mol. The number of carbonyl (C=O) groups excluding carboxylic acids is 1. The predicted octanol–water partition coefficient (Wildman–Crippen LogP) is 3.28. The third-order valence-electron chi connectivity index (χ3n) is 5.31. The highest BCUT2D eigenvalue weighted by Crippen LogP contribution is 2.44. The summed E-state index contributed by atoms with van der Waals surface area (Å²) in [5.74, 6) is -0.967. The number of pyridine rings is 1. The van der Waals surface area contributed by atoms with Crippen molar-refractivity contribution in [2.75, 3.05) is 19.0 Å². The maximum atomic E-state index is 15.2. The first-order valence-corrected chi connectivity index (χ1v) is 11.1. The van der Waals surface area contributed by atoms with Crippen LogP contribution in [0.4, 0.5) is 9.52 Å². The Bertz CT molecular complexity index is 1380. The molecular formula is C23H19FN6O2S. The van der Waals surface area contributed by atoms with Gasteiger partial charge in [-0.15, -0.1) is 0 Å². The van der Waals surface area contributed by atoms with Gasteiger partial charge >= 0.3 is 0 Å². The minimum atomic E-state index is -0.628. The zero-order chi connectivity index (χ0) is 22.9. The monoisotopic (exact) mass is 462 g/mol. The van der Waals surface area contributed by atoms with Gasteiger partial charge in [0.2, 0.25) is 0 Å². The molecule has 0 radical (unpaired) electrons. The van der Waals surface area contributed by atoms with E-state index in [1.54, 1.807) is 42.5 Å². The van der Waals surface area contributed by atoms with Crippen LogP contribution in [0, 0.1) is 5.82 Å². The summed E-state index contributed by atoms with van der Waals surface area (Å²) in [6.45, 7) is -0.628. The quantitative estimate of drug-likeness (QED) is 0.443. The molecule has 4 aromatic rings. The number of aromatic nitrogens is 4. The molecule has 166 valence electrons. The van der Waals surface area contributed by atoms with E-state index in [9.17, 15) is 4.79 Å². The largest absolute Gasteiger partial charge is 0.387 e. The van der Waals surface area contributed by atoms with Crippen molar-refractivity contribution in [2.24, 2.45) is 4.99 Å². The van der Waals surface area contributed by atoms with Gasteiger partial charge in [-0.3, -0.25) is 20.1 Å². The van der Waals surface area contributed by atoms with Gasteiger partial charge in [-0.25, -0.2) is 14.1 Å². The minimum Gasteiger partial charge on any atom is -0.387 e. The highest BCUT2D eigenvalue weighted by atomic mass is 32.1. The van der Waals surface area contributed by atoms with Gasteiger partial charge in [0.1, 0.15) is 18.1 Å². The van der Waals surface area contributed by atoms with Crippen LogP contribution in [0.5, 0.6) is 0 Å². The van der Waals surface area contributed by atoms with Gasteiger partial charge in [-0.1, -0.05) is 17.4 Å². The van der Waals surface area contributed by atoms with Crippen molar-refractivity contribution >= 4 is 28.6 Å². The van der Waals surface area contributed by atoms with E-state index in [0.717, 1.165) is 33.1 Å². The normalized spacial score (nSPS) is 12.6. The lowest BCUT2D eigenvalue weighted by atomic mass is 9.95. The van der Waals surface area contributed by atoms with E-state index in [1.165, 1.54) is 17.4 Å². The first-order valence-electron chi connectivity index (χ1n) is 10.2. The van der Waals surface area contributed by atoms with E-state index in [-0.39, 0.29) is 0 Å². The number of aryl methyl sites for hydroxylation is 1. The van der Waals surface area contributed by atoms with Crippen LogP contribution >= 0.6 is 11.3 Å². The number of benzene rings is 1. The Morgan fingerprint density at radius 3 is 2.97 bits per heavy atom. The molecule has 0 aliphatic heterocycles. The van der Waals surface area contributed by atoms with Crippen LogP contribution < -0.4 is 5.32 Å². The Labute approximate surface area is 192 Å². The zero-order valence-electron chi connectivity index (χ0n) is 17.6. The summed E-state index contributed by atoms with van der Waals surface area (Å²) in [5, 5.41) is 16.9. The molecule has 0 fully saturated rings. The third-order valence-corrected chi connectivity index (χ3v) is 6.33. The van der Waals surface area contributed by atoms with Gasteiger partial charge in [0.15, 0.2) is 5.13 Å². The SMILES string of the molecule is C/N=C/c1ccc(-n2nc(-c3cccnc3)c3c2-c2sc(NC(=O)CO)nc2CC3)c(F)c1. The van der Waals surface area contributed by atoms with Gasteiger partial charge in [0, 0.05) is 36.8 Å². The lowest BCUT2D eigenvalue weighted by molar-refractivity contribution is -0.118. The van der Waals surface area contributed by atoms with Gasteiger partial charge < -0.3 is 5.11 Å². The number of aliphatic hydroxyl groups is 1. The van der Waals surface area contributed by atoms with E-state index >= 15 is 4.39 Å². The number of nitrogens with zero attached hydrogens (tertiary/aromatic N) is 5. The van der Waals surface area contributed by atoms with E-state index < -0.39 is 18.3 Å². The molecule has 0 atom stereocenters. The van der Waals surface area contributed by atoms with Crippen molar-refractivity contribution in [1.82, 2.24) is 19.7 Å². The van der Waals surface area contributed by atoms with Crippen LogP contribution in [0.2, 0.25) is 0 Å². The summed E-state index contributed by atoms with van der Waals surface area (Å²) in [6, 6.07) is 8.64. The van der Waals surface area contributed by atoms with Crippen LogP contribution in [-0.4, -0.2) is 50.6 Å². The molecule has 1 aliphatic carbocycles. The van der Waals surface area contributed by atoms with Crippen molar-refractivity contribution in [3.63, 3.8) is 0 Å². The van der Waals surface area contributed by atoms with Crippen molar-refractivity contribution in [1.29, 1.82) is 0 Å². The van der Waals surface area contributed by atoms with E-state index in [1.807, 2.05) is 12.1 Å². The number of carbonyl (C=O) groups is 1. The van der Waals surface area contributed by atoms with Crippen LogP contribution in [0.3, 0.4) is 0 Å². The minimum absolute atomic E-state index is 0.303. The number of anilines is 1. The number of aliphatic imine (C=N–C) groups is 1. The molecule has 8 nitrogen and oxygen atoms in total. The van der Waals surface area contributed by atoms with E-state index in [0.29, 0.717) is 29.2 Å². The standard InChI is InChI=1S/C23H19FN6O2S/c1-25-10-13-4-7-18(16(24)9-13)30-21-15(20(29-30)14-3-2-8-26-11-14)5-6-17-22(21)33-23(27-17)28-19(32)12-31/h2-4,7-11,31H,5-6,12H2,1H3,(H,27,28,32)/b25-10+. The molecule has 1 aliphatic rings. The van der Waals surface area contributed by atoms with E-state index in [2.05, 4.69) is 20.3 Å². The molecule has 0 saturated carbocycles. The van der Waals surface area contributed by atoms with Crippen molar-refractivity contribution in [2.45, 2.75) is 12.8 Å². The Morgan fingerprint density at radius 1 is 1.36 bits per heavy atom. The van der Waals surface area contributed by atoms with Crippen LogP contribution in [0.25, 0.3) is 27.5 Å². The second-order valence-electron chi connectivity index (χ2n) is 7.43.